The average Bonchev–Trinajstić information content (AvgIpc) is 2.26. The molecular formula is C13H21N. The van der Waals surface area contributed by atoms with Gasteiger partial charge in [0.25, 0.3) is 0 Å². The highest BCUT2D eigenvalue weighted by Gasteiger charge is 2.07. The van der Waals surface area contributed by atoms with E-state index >= 15 is 0 Å². The molecule has 0 amide bonds. The van der Waals surface area contributed by atoms with Gasteiger partial charge in [0.15, 0.2) is 0 Å². The Bertz CT molecular complexity index is 250. The lowest BCUT2D eigenvalue weighted by Crippen LogP contribution is -1.99. The molecule has 0 bridgehead atoms. The van der Waals surface area contributed by atoms with E-state index < -0.39 is 0 Å². The topological polar surface area (TPSA) is 26.0 Å². The number of hydrogen-bond acceptors (Lipinski definition) is 1. The molecule has 1 nitrogen and oxygen atoms in total. The Labute approximate surface area is 87.3 Å². The molecule has 1 aromatic rings. The van der Waals surface area contributed by atoms with E-state index in [2.05, 4.69) is 38.1 Å². The van der Waals surface area contributed by atoms with E-state index in [0.29, 0.717) is 6.54 Å². The van der Waals surface area contributed by atoms with Gasteiger partial charge in [-0.1, -0.05) is 44.5 Å². The van der Waals surface area contributed by atoms with Gasteiger partial charge in [-0.05, 0) is 29.9 Å². The molecule has 0 aliphatic heterocycles. The van der Waals surface area contributed by atoms with Crippen LogP contribution in [-0.4, -0.2) is 0 Å². The van der Waals surface area contributed by atoms with E-state index in [4.69, 9.17) is 5.73 Å². The zero-order valence-corrected chi connectivity index (χ0v) is 9.29. The van der Waals surface area contributed by atoms with Gasteiger partial charge in [-0.25, -0.2) is 0 Å². The normalized spacial score (nSPS) is 12.8. The van der Waals surface area contributed by atoms with E-state index in [-0.39, 0.29) is 0 Å². The third-order valence-electron chi connectivity index (χ3n) is 2.82. The van der Waals surface area contributed by atoms with Crippen LogP contribution in [0.4, 0.5) is 0 Å². The molecule has 78 valence electrons. The van der Waals surface area contributed by atoms with Gasteiger partial charge in [0.1, 0.15) is 0 Å². The maximum Gasteiger partial charge on any atom is 0.0178 e. The van der Waals surface area contributed by atoms with Crippen molar-refractivity contribution in [1.29, 1.82) is 0 Å². The molecule has 0 heterocycles. The first-order valence-corrected chi connectivity index (χ1v) is 5.60. The molecule has 1 heteroatoms. The predicted molar refractivity (Wildman–Crippen MR) is 62.3 cm³/mol. The molecular weight excluding hydrogens is 170 g/mol. The van der Waals surface area contributed by atoms with E-state index in [1.807, 2.05) is 0 Å². The smallest absolute Gasteiger partial charge is 0.0178 e. The molecule has 1 aromatic carbocycles. The van der Waals surface area contributed by atoms with Crippen molar-refractivity contribution in [3.63, 3.8) is 0 Å². The first-order chi connectivity index (χ1) is 6.81. The van der Waals surface area contributed by atoms with E-state index in [9.17, 15) is 0 Å². The van der Waals surface area contributed by atoms with Crippen LogP contribution in [0.25, 0.3) is 0 Å². The van der Waals surface area contributed by atoms with Gasteiger partial charge < -0.3 is 5.73 Å². The highest BCUT2D eigenvalue weighted by Crippen LogP contribution is 2.24. The Balaban J connectivity index is 2.73. The van der Waals surface area contributed by atoms with E-state index in [0.717, 1.165) is 5.92 Å². The van der Waals surface area contributed by atoms with Crippen molar-refractivity contribution in [3.05, 3.63) is 35.4 Å². The first-order valence-electron chi connectivity index (χ1n) is 5.60. The van der Waals surface area contributed by atoms with Gasteiger partial charge in [-0.2, -0.15) is 0 Å². The van der Waals surface area contributed by atoms with Gasteiger partial charge in [-0.15, -0.1) is 0 Å². The lowest BCUT2D eigenvalue weighted by molar-refractivity contribution is 0.596. The maximum absolute atomic E-state index is 5.57. The lowest BCUT2D eigenvalue weighted by atomic mass is 9.91. The molecule has 0 aliphatic carbocycles. The largest absolute Gasteiger partial charge is 0.326 e. The molecule has 14 heavy (non-hydrogen) atoms. The Morgan fingerprint density at radius 2 is 1.79 bits per heavy atom. The standard InChI is InChI=1S/C13H21N/c1-3-5-12(4-2)13-8-6-11(10-14)7-9-13/h6-9,12H,3-5,10,14H2,1-2H3. The summed E-state index contributed by atoms with van der Waals surface area (Å²) in [5.74, 6) is 0.729. The second-order valence-corrected chi connectivity index (χ2v) is 3.84. The Morgan fingerprint density at radius 3 is 2.21 bits per heavy atom. The number of rotatable bonds is 5. The SMILES string of the molecule is CCCC(CC)c1ccc(CN)cc1. The molecule has 1 atom stereocenters. The fraction of sp³-hybridized carbons (Fsp3) is 0.538. The quantitative estimate of drug-likeness (QED) is 0.758. The Kier molecular flexibility index (Phi) is 4.68. The van der Waals surface area contributed by atoms with Gasteiger partial charge in [0, 0.05) is 6.54 Å². The minimum Gasteiger partial charge on any atom is -0.326 e. The second kappa shape index (κ2) is 5.82. The van der Waals surface area contributed by atoms with Crippen molar-refractivity contribution in [1.82, 2.24) is 0 Å². The van der Waals surface area contributed by atoms with E-state index in [1.54, 1.807) is 0 Å². The Hall–Kier alpha value is -0.820. The summed E-state index contributed by atoms with van der Waals surface area (Å²) in [6.45, 7) is 5.15. The van der Waals surface area contributed by atoms with Crippen LogP contribution in [0.15, 0.2) is 24.3 Å². The van der Waals surface area contributed by atoms with Crippen LogP contribution in [0, 0.1) is 0 Å². The van der Waals surface area contributed by atoms with E-state index in [1.165, 1.54) is 30.4 Å². The highest BCUT2D eigenvalue weighted by atomic mass is 14.5. The van der Waals surface area contributed by atoms with Crippen LogP contribution in [0.2, 0.25) is 0 Å². The molecule has 1 rings (SSSR count). The zero-order chi connectivity index (χ0) is 10.4. The second-order valence-electron chi connectivity index (χ2n) is 3.84. The van der Waals surface area contributed by atoms with Gasteiger partial charge in [0.05, 0.1) is 0 Å². The van der Waals surface area contributed by atoms with Crippen LogP contribution in [0.1, 0.15) is 50.2 Å². The zero-order valence-electron chi connectivity index (χ0n) is 9.29. The first kappa shape index (κ1) is 11.3. The van der Waals surface area contributed by atoms with Crippen molar-refractivity contribution >= 4 is 0 Å². The third-order valence-corrected chi connectivity index (χ3v) is 2.82. The summed E-state index contributed by atoms with van der Waals surface area (Å²) in [5, 5.41) is 0. The molecule has 1 unspecified atom stereocenters. The molecule has 0 saturated carbocycles. The van der Waals surface area contributed by atoms with Crippen LogP contribution < -0.4 is 5.73 Å². The van der Waals surface area contributed by atoms with Crippen LogP contribution in [0.5, 0.6) is 0 Å². The monoisotopic (exact) mass is 191 g/mol. The molecule has 0 aromatic heterocycles. The third kappa shape index (κ3) is 2.85. The number of hydrogen-bond donors (Lipinski definition) is 1. The van der Waals surface area contributed by atoms with Crippen molar-refractivity contribution in [2.24, 2.45) is 5.73 Å². The molecule has 0 saturated heterocycles. The highest BCUT2D eigenvalue weighted by molar-refractivity contribution is 5.25. The molecule has 2 N–H and O–H groups in total. The van der Waals surface area contributed by atoms with Crippen molar-refractivity contribution < 1.29 is 0 Å². The van der Waals surface area contributed by atoms with Crippen LogP contribution in [-0.2, 0) is 6.54 Å². The van der Waals surface area contributed by atoms with Crippen molar-refractivity contribution in [2.45, 2.75) is 45.6 Å². The number of nitrogens with two attached hydrogens (primary N) is 1. The molecule has 0 aliphatic rings. The van der Waals surface area contributed by atoms with Crippen molar-refractivity contribution in [2.75, 3.05) is 0 Å². The van der Waals surface area contributed by atoms with Crippen LogP contribution >= 0.6 is 0 Å². The summed E-state index contributed by atoms with van der Waals surface area (Å²) in [5.41, 5.74) is 8.25. The van der Waals surface area contributed by atoms with Gasteiger partial charge >= 0.3 is 0 Å². The number of benzene rings is 1. The average molecular weight is 191 g/mol. The summed E-state index contributed by atoms with van der Waals surface area (Å²) >= 11 is 0. The predicted octanol–water partition coefficient (Wildman–Crippen LogP) is 3.44. The fourth-order valence-electron chi connectivity index (χ4n) is 1.88. The summed E-state index contributed by atoms with van der Waals surface area (Å²) in [7, 11) is 0. The molecule has 0 radical (unpaired) electrons. The minimum atomic E-state index is 0.644. The molecule has 0 fully saturated rings. The summed E-state index contributed by atoms with van der Waals surface area (Å²) < 4.78 is 0. The lowest BCUT2D eigenvalue weighted by Gasteiger charge is -2.14. The summed E-state index contributed by atoms with van der Waals surface area (Å²) in [6, 6.07) is 8.75. The minimum absolute atomic E-state index is 0.644. The summed E-state index contributed by atoms with van der Waals surface area (Å²) in [6.07, 6.45) is 3.78. The Morgan fingerprint density at radius 1 is 1.14 bits per heavy atom. The van der Waals surface area contributed by atoms with Crippen molar-refractivity contribution in [3.8, 4) is 0 Å². The van der Waals surface area contributed by atoms with Crippen LogP contribution in [0.3, 0.4) is 0 Å². The summed E-state index contributed by atoms with van der Waals surface area (Å²) in [4.78, 5) is 0. The van der Waals surface area contributed by atoms with Gasteiger partial charge in [0.2, 0.25) is 0 Å². The molecule has 0 spiro atoms. The fourth-order valence-corrected chi connectivity index (χ4v) is 1.88. The maximum atomic E-state index is 5.57. The van der Waals surface area contributed by atoms with Gasteiger partial charge in [-0.3, -0.25) is 0 Å².